The molecule has 1 amide bonds. The van der Waals surface area contributed by atoms with Crippen molar-refractivity contribution in [1.82, 2.24) is 5.32 Å². The average molecular weight is 292 g/mol. The molecule has 1 aromatic rings. The van der Waals surface area contributed by atoms with Crippen LogP contribution in [0.1, 0.15) is 39.2 Å². The molecule has 2 unspecified atom stereocenters. The van der Waals surface area contributed by atoms with Gasteiger partial charge in [-0.25, -0.2) is 0 Å². The lowest BCUT2D eigenvalue weighted by molar-refractivity contribution is -0.124. The van der Waals surface area contributed by atoms with Crippen LogP contribution in [0.3, 0.4) is 0 Å². The molecule has 3 N–H and O–H groups in total. The van der Waals surface area contributed by atoms with E-state index in [2.05, 4.69) is 19.2 Å². The van der Waals surface area contributed by atoms with Crippen LogP contribution in [0.2, 0.25) is 0 Å². The average Bonchev–Trinajstić information content (AvgIpc) is 2.92. The van der Waals surface area contributed by atoms with Crippen LogP contribution < -0.4 is 20.5 Å². The van der Waals surface area contributed by atoms with Crippen LogP contribution in [0.15, 0.2) is 18.2 Å². The Hall–Kier alpha value is -1.75. The van der Waals surface area contributed by atoms with E-state index in [4.69, 9.17) is 15.2 Å². The van der Waals surface area contributed by atoms with Gasteiger partial charge in [0.15, 0.2) is 11.5 Å². The molecular formula is C16H24N2O3. The first kappa shape index (κ1) is 15.6. The lowest BCUT2D eigenvalue weighted by atomic mass is 9.91. The lowest BCUT2D eigenvalue weighted by Gasteiger charge is -2.31. The minimum Gasteiger partial charge on any atom is -0.454 e. The fraction of sp³-hybridized carbons (Fsp3) is 0.562. The number of rotatable bonds is 7. The summed E-state index contributed by atoms with van der Waals surface area (Å²) in [5, 5.41) is 3.33. The molecule has 1 aromatic carbocycles. The molecule has 1 aliphatic heterocycles. The Balaban J connectivity index is 2.03. The summed E-state index contributed by atoms with van der Waals surface area (Å²) in [4.78, 5) is 11.8. The third-order valence-electron chi connectivity index (χ3n) is 4.07. The number of nitrogens with one attached hydrogen (secondary N) is 1. The molecule has 0 fully saturated rings. The van der Waals surface area contributed by atoms with Crippen molar-refractivity contribution in [1.29, 1.82) is 0 Å². The number of carbonyl (C=O) groups excluding carboxylic acids is 1. The Bertz CT molecular complexity index is 518. The Kier molecular flexibility index (Phi) is 4.73. The van der Waals surface area contributed by atoms with Crippen molar-refractivity contribution in [3.63, 3.8) is 0 Å². The summed E-state index contributed by atoms with van der Waals surface area (Å²) < 4.78 is 10.7. The van der Waals surface area contributed by atoms with Crippen molar-refractivity contribution >= 4 is 5.91 Å². The van der Waals surface area contributed by atoms with E-state index in [0.717, 1.165) is 29.9 Å². The zero-order valence-electron chi connectivity index (χ0n) is 12.9. The van der Waals surface area contributed by atoms with Gasteiger partial charge in [0.25, 0.3) is 0 Å². The number of carbonyl (C=O) groups is 1. The van der Waals surface area contributed by atoms with Crippen LogP contribution in [0.5, 0.6) is 11.5 Å². The van der Waals surface area contributed by atoms with Crippen molar-refractivity contribution in [2.75, 3.05) is 6.79 Å². The molecule has 21 heavy (non-hydrogen) atoms. The van der Waals surface area contributed by atoms with Gasteiger partial charge in [-0.05, 0) is 50.8 Å². The van der Waals surface area contributed by atoms with E-state index in [1.165, 1.54) is 0 Å². The van der Waals surface area contributed by atoms with Crippen LogP contribution in [0, 0.1) is 0 Å². The fourth-order valence-corrected chi connectivity index (χ4v) is 2.40. The number of ether oxygens (including phenoxy) is 2. The number of aryl methyl sites for hydroxylation is 1. The Morgan fingerprint density at radius 2 is 2.14 bits per heavy atom. The van der Waals surface area contributed by atoms with E-state index in [-0.39, 0.29) is 18.7 Å². The third kappa shape index (κ3) is 3.67. The fourth-order valence-electron chi connectivity index (χ4n) is 2.40. The maximum Gasteiger partial charge on any atom is 0.237 e. The van der Waals surface area contributed by atoms with E-state index >= 15 is 0 Å². The largest absolute Gasteiger partial charge is 0.454 e. The second-order valence-electron chi connectivity index (χ2n) is 5.84. The van der Waals surface area contributed by atoms with E-state index in [1.807, 2.05) is 25.1 Å². The highest BCUT2D eigenvalue weighted by atomic mass is 16.7. The van der Waals surface area contributed by atoms with Crippen LogP contribution in [0.4, 0.5) is 0 Å². The topological polar surface area (TPSA) is 73.6 Å². The van der Waals surface area contributed by atoms with Crippen LogP contribution >= 0.6 is 0 Å². The highest BCUT2D eigenvalue weighted by Crippen LogP contribution is 2.33. The third-order valence-corrected chi connectivity index (χ3v) is 4.07. The smallest absolute Gasteiger partial charge is 0.237 e. The van der Waals surface area contributed by atoms with Crippen molar-refractivity contribution in [3.05, 3.63) is 23.8 Å². The molecule has 0 spiro atoms. The molecular weight excluding hydrogens is 268 g/mol. The predicted molar refractivity (Wildman–Crippen MR) is 81.4 cm³/mol. The molecule has 0 aliphatic carbocycles. The van der Waals surface area contributed by atoms with Gasteiger partial charge >= 0.3 is 0 Å². The minimum atomic E-state index is -0.703. The summed E-state index contributed by atoms with van der Waals surface area (Å²) in [6, 6.07) is 6.12. The summed E-state index contributed by atoms with van der Waals surface area (Å²) in [6.07, 6.45) is 2.35. The highest BCUT2D eigenvalue weighted by molar-refractivity contribution is 5.84. The number of hydrogen-bond acceptors (Lipinski definition) is 4. The molecule has 0 bridgehead atoms. The molecule has 5 nitrogen and oxygen atoms in total. The number of benzene rings is 1. The van der Waals surface area contributed by atoms with Gasteiger partial charge in [0.2, 0.25) is 12.7 Å². The molecule has 2 atom stereocenters. The molecule has 2 rings (SSSR count). The highest BCUT2D eigenvalue weighted by Gasteiger charge is 2.31. The van der Waals surface area contributed by atoms with Crippen LogP contribution in [-0.4, -0.2) is 24.3 Å². The molecule has 0 saturated carbocycles. The minimum absolute atomic E-state index is 0.249. The normalized spacial score (nSPS) is 17.3. The summed E-state index contributed by atoms with van der Waals surface area (Å²) in [7, 11) is 0. The maximum atomic E-state index is 11.8. The van der Waals surface area contributed by atoms with Gasteiger partial charge in [0.1, 0.15) is 0 Å². The van der Waals surface area contributed by atoms with Gasteiger partial charge in [-0.3, -0.25) is 4.79 Å². The van der Waals surface area contributed by atoms with Gasteiger partial charge in [-0.1, -0.05) is 13.0 Å². The standard InChI is InChI=1S/C16H24N2O3/c1-4-11(2)18-16(3,15(17)19)8-7-12-5-6-13-14(9-12)21-10-20-13/h5-6,9,11,18H,4,7-8,10H2,1-3H3,(H2,17,19). The van der Waals surface area contributed by atoms with Crippen molar-refractivity contribution in [2.45, 2.75) is 51.6 Å². The second-order valence-corrected chi connectivity index (χ2v) is 5.84. The Morgan fingerprint density at radius 1 is 1.43 bits per heavy atom. The van der Waals surface area contributed by atoms with E-state index in [9.17, 15) is 4.79 Å². The van der Waals surface area contributed by atoms with Gasteiger partial charge in [-0.15, -0.1) is 0 Å². The molecule has 0 aromatic heterocycles. The van der Waals surface area contributed by atoms with Gasteiger partial charge < -0.3 is 20.5 Å². The van der Waals surface area contributed by atoms with E-state index in [1.54, 1.807) is 0 Å². The molecule has 0 saturated heterocycles. The van der Waals surface area contributed by atoms with Crippen molar-refractivity contribution in [2.24, 2.45) is 5.73 Å². The van der Waals surface area contributed by atoms with E-state index in [0.29, 0.717) is 6.42 Å². The number of hydrogen-bond donors (Lipinski definition) is 2. The zero-order chi connectivity index (χ0) is 15.5. The van der Waals surface area contributed by atoms with Gasteiger partial charge in [-0.2, -0.15) is 0 Å². The van der Waals surface area contributed by atoms with E-state index < -0.39 is 5.54 Å². The molecule has 5 heteroatoms. The first-order chi connectivity index (χ1) is 9.94. The SMILES string of the molecule is CCC(C)NC(C)(CCc1ccc2c(c1)OCO2)C(N)=O. The molecule has 1 heterocycles. The quantitative estimate of drug-likeness (QED) is 0.806. The Labute approximate surface area is 125 Å². The zero-order valence-corrected chi connectivity index (χ0v) is 12.9. The summed E-state index contributed by atoms with van der Waals surface area (Å²) >= 11 is 0. The lowest BCUT2D eigenvalue weighted by Crippen LogP contribution is -2.56. The van der Waals surface area contributed by atoms with Crippen LogP contribution in [-0.2, 0) is 11.2 Å². The van der Waals surface area contributed by atoms with Gasteiger partial charge in [0, 0.05) is 6.04 Å². The molecule has 0 radical (unpaired) electrons. The van der Waals surface area contributed by atoms with Gasteiger partial charge in [0.05, 0.1) is 5.54 Å². The summed E-state index contributed by atoms with van der Waals surface area (Å²) in [5.41, 5.74) is 5.99. The molecule has 1 aliphatic rings. The number of amides is 1. The molecule has 116 valence electrons. The van der Waals surface area contributed by atoms with Crippen molar-refractivity contribution in [3.8, 4) is 11.5 Å². The Morgan fingerprint density at radius 3 is 2.81 bits per heavy atom. The number of primary amides is 1. The predicted octanol–water partition coefficient (Wildman–Crippen LogP) is 1.98. The number of nitrogens with two attached hydrogens (primary N) is 1. The summed E-state index contributed by atoms with van der Waals surface area (Å²) in [6.45, 7) is 6.28. The number of fused-ring (bicyclic) bond motifs is 1. The first-order valence-electron chi connectivity index (χ1n) is 7.40. The van der Waals surface area contributed by atoms with Crippen LogP contribution in [0.25, 0.3) is 0 Å². The first-order valence-corrected chi connectivity index (χ1v) is 7.40. The summed E-state index contributed by atoms with van der Waals surface area (Å²) in [5.74, 6) is 1.22. The van der Waals surface area contributed by atoms with Crippen molar-refractivity contribution < 1.29 is 14.3 Å². The maximum absolute atomic E-state index is 11.8. The monoisotopic (exact) mass is 292 g/mol. The second kappa shape index (κ2) is 6.35.